The molecule has 1 fully saturated rings. The van der Waals surface area contributed by atoms with Gasteiger partial charge in [0, 0.05) is 19.0 Å². The van der Waals surface area contributed by atoms with Crippen molar-refractivity contribution in [3.63, 3.8) is 0 Å². The summed E-state index contributed by atoms with van der Waals surface area (Å²) in [6.45, 7) is 1.09. The van der Waals surface area contributed by atoms with E-state index in [4.69, 9.17) is 4.42 Å². The maximum Gasteiger partial charge on any atom is 0.226 e. The molecule has 0 unspecified atom stereocenters. The van der Waals surface area contributed by atoms with Gasteiger partial charge in [-0.25, -0.2) is 8.42 Å². The van der Waals surface area contributed by atoms with Gasteiger partial charge in [-0.1, -0.05) is 12.2 Å². The average molecular weight is 337 g/mol. The van der Waals surface area contributed by atoms with Crippen LogP contribution in [-0.4, -0.2) is 37.6 Å². The van der Waals surface area contributed by atoms with Crippen molar-refractivity contribution >= 4 is 15.7 Å². The molecular weight excluding hydrogens is 314 g/mol. The van der Waals surface area contributed by atoms with E-state index in [1.165, 1.54) is 6.26 Å². The Hall–Kier alpha value is -1.56. The maximum atomic E-state index is 12.5. The maximum absolute atomic E-state index is 12.5. The number of piperidine rings is 1. The first-order valence-corrected chi connectivity index (χ1v) is 9.95. The summed E-state index contributed by atoms with van der Waals surface area (Å²) in [5, 5.41) is -0.372. The fourth-order valence-electron chi connectivity index (χ4n) is 3.42. The summed E-state index contributed by atoms with van der Waals surface area (Å²) in [5.74, 6) is 0.705. The van der Waals surface area contributed by atoms with Gasteiger partial charge in [0.05, 0.1) is 11.5 Å². The average Bonchev–Trinajstić information content (AvgIpc) is 3.07. The van der Waals surface area contributed by atoms with Crippen molar-refractivity contribution in [3.05, 3.63) is 36.3 Å². The second-order valence-electron chi connectivity index (χ2n) is 6.39. The predicted octanol–water partition coefficient (Wildman–Crippen LogP) is 2.54. The van der Waals surface area contributed by atoms with Crippen LogP contribution in [0.25, 0.3) is 0 Å². The first kappa shape index (κ1) is 16.3. The number of sulfone groups is 1. The number of hydrogen-bond donors (Lipinski definition) is 0. The molecule has 126 valence electrons. The lowest BCUT2D eigenvalue weighted by Gasteiger charge is -2.34. The van der Waals surface area contributed by atoms with Crippen LogP contribution >= 0.6 is 0 Å². The molecule has 1 aromatic rings. The molecule has 5 nitrogen and oxygen atoms in total. The molecule has 1 amide bonds. The monoisotopic (exact) mass is 337 g/mol. The molecule has 1 aliphatic carbocycles. The van der Waals surface area contributed by atoms with Crippen molar-refractivity contribution in [2.75, 3.05) is 13.1 Å². The fourth-order valence-corrected chi connectivity index (χ4v) is 5.15. The zero-order valence-electron chi connectivity index (χ0n) is 13.2. The smallest absolute Gasteiger partial charge is 0.226 e. The van der Waals surface area contributed by atoms with Crippen molar-refractivity contribution in [1.82, 2.24) is 4.90 Å². The minimum atomic E-state index is -3.22. The third-order valence-electron chi connectivity index (χ3n) is 4.80. The highest BCUT2D eigenvalue weighted by atomic mass is 32.2. The van der Waals surface area contributed by atoms with Gasteiger partial charge in [-0.05, 0) is 44.2 Å². The molecule has 2 heterocycles. The lowest BCUT2D eigenvalue weighted by atomic mass is 9.92. The van der Waals surface area contributed by atoms with E-state index >= 15 is 0 Å². The summed E-state index contributed by atoms with van der Waals surface area (Å²) in [7, 11) is -3.22. The van der Waals surface area contributed by atoms with Crippen LogP contribution in [0.3, 0.4) is 0 Å². The van der Waals surface area contributed by atoms with E-state index in [-0.39, 0.29) is 22.8 Å². The molecule has 0 saturated carbocycles. The lowest BCUT2D eigenvalue weighted by Crippen LogP contribution is -2.45. The normalized spacial score (nSPS) is 23.1. The van der Waals surface area contributed by atoms with Crippen molar-refractivity contribution in [2.45, 2.75) is 43.1 Å². The molecule has 1 aliphatic heterocycles. The zero-order chi connectivity index (χ0) is 16.3. The van der Waals surface area contributed by atoms with E-state index in [1.54, 1.807) is 12.1 Å². The number of furan rings is 1. The molecule has 1 saturated heterocycles. The number of carbonyl (C=O) groups is 1. The molecular formula is C17H23NO4S. The SMILES string of the molecule is O=C([C@@H]1CC=CCC1)N1CCC(S(=O)(=O)Cc2ccco2)CC1. The third kappa shape index (κ3) is 3.86. The minimum Gasteiger partial charge on any atom is -0.468 e. The van der Waals surface area contributed by atoms with Crippen LogP contribution in [0.1, 0.15) is 37.9 Å². The van der Waals surface area contributed by atoms with Gasteiger partial charge in [0.2, 0.25) is 5.91 Å². The Morgan fingerprint density at radius 2 is 2.00 bits per heavy atom. The van der Waals surface area contributed by atoms with Gasteiger partial charge in [0.15, 0.2) is 9.84 Å². The molecule has 2 aliphatic rings. The van der Waals surface area contributed by atoms with Crippen molar-refractivity contribution in [3.8, 4) is 0 Å². The summed E-state index contributed by atoms with van der Waals surface area (Å²) < 4.78 is 30.1. The number of hydrogen-bond acceptors (Lipinski definition) is 4. The molecule has 3 rings (SSSR count). The Morgan fingerprint density at radius 3 is 2.61 bits per heavy atom. The van der Waals surface area contributed by atoms with Gasteiger partial charge >= 0.3 is 0 Å². The topological polar surface area (TPSA) is 67.6 Å². The van der Waals surface area contributed by atoms with E-state index in [1.807, 2.05) is 4.90 Å². The van der Waals surface area contributed by atoms with E-state index in [2.05, 4.69) is 12.2 Å². The van der Waals surface area contributed by atoms with Crippen molar-refractivity contribution in [1.29, 1.82) is 0 Å². The number of carbonyl (C=O) groups excluding carboxylic acids is 1. The summed E-state index contributed by atoms with van der Waals surface area (Å²) in [5.41, 5.74) is 0. The summed E-state index contributed by atoms with van der Waals surface area (Å²) in [6.07, 6.45) is 9.43. The molecule has 0 radical (unpaired) electrons. The highest BCUT2D eigenvalue weighted by Crippen LogP contribution is 2.26. The number of nitrogens with zero attached hydrogens (tertiary/aromatic N) is 1. The standard InChI is InChI=1S/C17H23NO4S/c19-17(14-5-2-1-3-6-14)18-10-8-16(9-11-18)23(20,21)13-15-7-4-12-22-15/h1-2,4,7,12,14,16H,3,5-6,8-11,13H2/t14-/m1/s1. The Bertz CT molecular complexity index is 655. The molecule has 0 spiro atoms. The van der Waals surface area contributed by atoms with Gasteiger partial charge in [-0.2, -0.15) is 0 Å². The first-order valence-electron chi connectivity index (χ1n) is 8.24. The quantitative estimate of drug-likeness (QED) is 0.792. The van der Waals surface area contributed by atoms with Gasteiger partial charge in [0.1, 0.15) is 11.5 Å². The van der Waals surface area contributed by atoms with Crippen LogP contribution in [0, 0.1) is 5.92 Å². The number of likely N-dealkylation sites (tertiary alicyclic amines) is 1. The molecule has 6 heteroatoms. The summed E-state index contributed by atoms with van der Waals surface area (Å²) in [6, 6.07) is 3.39. The lowest BCUT2D eigenvalue weighted by molar-refractivity contribution is -0.136. The second-order valence-corrected chi connectivity index (χ2v) is 8.67. The predicted molar refractivity (Wildman–Crippen MR) is 87.4 cm³/mol. The first-order chi connectivity index (χ1) is 11.1. The second kappa shape index (κ2) is 6.91. The van der Waals surface area contributed by atoms with Gasteiger partial charge < -0.3 is 9.32 Å². The molecule has 0 aromatic carbocycles. The van der Waals surface area contributed by atoms with Crippen LogP contribution in [-0.2, 0) is 20.4 Å². The molecule has 0 bridgehead atoms. The molecule has 1 atom stereocenters. The van der Waals surface area contributed by atoms with Crippen molar-refractivity contribution in [2.24, 2.45) is 5.92 Å². The molecule has 23 heavy (non-hydrogen) atoms. The number of rotatable bonds is 4. The summed E-state index contributed by atoms with van der Waals surface area (Å²) in [4.78, 5) is 14.3. The van der Waals surface area contributed by atoms with Crippen LogP contribution in [0.2, 0.25) is 0 Å². The van der Waals surface area contributed by atoms with E-state index < -0.39 is 9.84 Å². The van der Waals surface area contributed by atoms with Crippen LogP contribution < -0.4 is 0 Å². The highest BCUT2D eigenvalue weighted by Gasteiger charge is 2.34. The van der Waals surface area contributed by atoms with Gasteiger partial charge in [0.25, 0.3) is 0 Å². The largest absolute Gasteiger partial charge is 0.468 e. The number of allylic oxidation sites excluding steroid dienone is 2. The van der Waals surface area contributed by atoms with E-state index in [9.17, 15) is 13.2 Å². The summed E-state index contributed by atoms with van der Waals surface area (Å²) >= 11 is 0. The van der Waals surface area contributed by atoms with Crippen molar-refractivity contribution < 1.29 is 17.6 Å². The van der Waals surface area contributed by atoms with Gasteiger partial charge in [-0.15, -0.1) is 0 Å². The Labute approximate surface area is 137 Å². The van der Waals surface area contributed by atoms with Gasteiger partial charge in [-0.3, -0.25) is 4.79 Å². The Kier molecular flexibility index (Phi) is 4.90. The third-order valence-corrected chi connectivity index (χ3v) is 6.98. The molecule has 1 aromatic heterocycles. The van der Waals surface area contributed by atoms with Crippen LogP contribution in [0.15, 0.2) is 35.0 Å². The van der Waals surface area contributed by atoms with E-state index in [0.717, 1.165) is 19.3 Å². The number of amides is 1. The van der Waals surface area contributed by atoms with Crippen LogP contribution in [0.4, 0.5) is 0 Å². The fraction of sp³-hybridized carbons (Fsp3) is 0.588. The zero-order valence-corrected chi connectivity index (χ0v) is 14.0. The minimum absolute atomic E-state index is 0.0496. The molecule has 0 N–H and O–H groups in total. The highest BCUT2D eigenvalue weighted by molar-refractivity contribution is 7.91. The Morgan fingerprint density at radius 1 is 1.22 bits per heavy atom. The van der Waals surface area contributed by atoms with E-state index in [0.29, 0.717) is 31.7 Å². The van der Waals surface area contributed by atoms with Crippen LogP contribution in [0.5, 0.6) is 0 Å². The Balaban J connectivity index is 1.55.